The Morgan fingerprint density at radius 3 is 1.41 bits per heavy atom. The Morgan fingerprint density at radius 1 is 0.479 bits per heavy atom. The van der Waals surface area contributed by atoms with Gasteiger partial charge in [0.05, 0.1) is 37.6 Å². The van der Waals surface area contributed by atoms with Gasteiger partial charge in [-0.1, -0.05) is 20.8 Å². The Balaban J connectivity index is 1.44. The largest absolute Gasteiger partial charge is 0.479 e. The molecule has 29 nitrogen and oxygen atoms in total. The summed E-state index contributed by atoms with van der Waals surface area (Å²) in [6, 6.07) is -4.85. The molecular formula is C42H71N3O26. The van der Waals surface area contributed by atoms with Gasteiger partial charge in [0.25, 0.3) is 5.91 Å². The summed E-state index contributed by atoms with van der Waals surface area (Å²) >= 11 is 0. The van der Waals surface area contributed by atoms with Crippen molar-refractivity contribution in [3.8, 4) is 0 Å². The van der Waals surface area contributed by atoms with Gasteiger partial charge in [0.2, 0.25) is 11.8 Å². The van der Waals surface area contributed by atoms with Crippen molar-refractivity contribution in [2.45, 2.75) is 214 Å². The minimum Gasteiger partial charge on any atom is -0.479 e. The average Bonchev–Trinajstić information content (AvgIpc) is 3.27. The van der Waals surface area contributed by atoms with Crippen LogP contribution in [0.4, 0.5) is 0 Å². The SMILES string of the molecule is CC(=O)NC1C(OC2C(C(=O)O)OC(OC3C(O)C(CO)OC(C(C)(C)C)C3NC(C)=O)C(O)C2O)OC(CO)C(O)C1OC1OC(C(=O)NC2C(O)OC(CO)C(O)C2O)C(OC(C)(C)C)C(O)C1O. The molecule has 25 unspecified atom stereocenters. The van der Waals surface area contributed by atoms with E-state index in [9.17, 15) is 85.6 Å². The second-order valence-electron chi connectivity index (χ2n) is 20.2. The first-order chi connectivity index (χ1) is 32.9. The molecule has 3 amide bonds. The number of hydrogen-bond acceptors (Lipinski definition) is 25. The molecule has 410 valence electrons. The van der Waals surface area contributed by atoms with Gasteiger partial charge in [-0.3, -0.25) is 14.4 Å². The van der Waals surface area contributed by atoms with Gasteiger partial charge in [-0.25, -0.2) is 4.79 Å². The molecule has 25 atom stereocenters. The molecule has 16 N–H and O–H groups in total. The summed E-state index contributed by atoms with van der Waals surface area (Å²) in [5.41, 5.74) is -1.95. The summed E-state index contributed by atoms with van der Waals surface area (Å²) in [7, 11) is 0. The smallest absolute Gasteiger partial charge is 0.335 e. The molecule has 5 aliphatic heterocycles. The lowest BCUT2D eigenvalue weighted by atomic mass is 9.78. The zero-order valence-electron chi connectivity index (χ0n) is 40.2. The van der Waals surface area contributed by atoms with Gasteiger partial charge in [-0.2, -0.15) is 0 Å². The molecule has 0 aromatic heterocycles. The van der Waals surface area contributed by atoms with E-state index >= 15 is 0 Å². The van der Waals surface area contributed by atoms with E-state index in [1.54, 1.807) is 20.8 Å². The third-order valence-corrected chi connectivity index (χ3v) is 12.5. The van der Waals surface area contributed by atoms with E-state index in [0.717, 1.165) is 13.8 Å². The van der Waals surface area contributed by atoms with Crippen LogP contribution < -0.4 is 16.0 Å². The number of carboxylic acid groups (broad SMARTS) is 1. The number of nitrogens with one attached hydrogen (secondary N) is 3. The van der Waals surface area contributed by atoms with Gasteiger partial charge < -0.3 is 125 Å². The first-order valence-corrected chi connectivity index (χ1v) is 22.9. The number of ether oxygens (including phenoxy) is 9. The summed E-state index contributed by atoms with van der Waals surface area (Å²) in [5, 5.41) is 148. The van der Waals surface area contributed by atoms with Crippen LogP contribution in [0.1, 0.15) is 55.4 Å². The van der Waals surface area contributed by atoms with Crippen LogP contribution in [-0.2, 0) is 61.8 Å². The van der Waals surface area contributed by atoms with E-state index < -0.39 is 208 Å². The third-order valence-electron chi connectivity index (χ3n) is 12.5. The molecule has 0 aliphatic carbocycles. The van der Waals surface area contributed by atoms with Gasteiger partial charge in [0, 0.05) is 13.8 Å². The molecule has 71 heavy (non-hydrogen) atoms. The topological polar surface area (TPSA) is 450 Å². The maximum atomic E-state index is 14.0. The normalized spacial score (nSPS) is 44.6. The van der Waals surface area contributed by atoms with Gasteiger partial charge in [-0.05, 0) is 26.2 Å². The fourth-order valence-electron chi connectivity index (χ4n) is 9.10. The standard InChI is InChI=1S/C42H71N3O26/c1-12(49)43-18-28(21(52)15(10-47)63-34(18)41(3,4)5)66-40-26(57)24(55)30(33(70-40)36(60)61)68-38-19(44-13(2)50)29(22(53)16(11-48)65-38)67-39-27(58)25(56)31(71-42(6,7)8)32(69-39)35(59)45-17-23(54)20(51)14(9-46)64-37(17)62/h14-34,37-40,46-48,51-58,62H,9-11H2,1-8H3,(H,43,49)(H,44,50)(H,45,59)(H,60,61). The van der Waals surface area contributed by atoms with Crippen molar-refractivity contribution < 1.29 is 128 Å². The number of carbonyl (C=O) groups excluding carboxylic acids is 3. The maximum Gasteiger partial charge on any atom is 0.335 e. The Hall–Kier alpha value is -2.96. The molecule has 0 aromatic rings. The van der Waals surface area contributed by atoms with Crippen LogP contribution in [0.5, 0.6) is 0 Å². The average molecular weight is 1030 g/mol. The van der Waals surface area contributed by atoms with Gasteiger partial charge in [0.1, 0.15) is 104 Å². The van der Waals surface area contributed by atoms with Crippen molar-refractivity contribution in [3.63, 3.8) is 0 Å². The molecule has 5 rings (SSSR count). The van der Waals surface area contributed by atoms with Crippen LogP contribution in [-0.4, -0.2) is 269 Å². The Labute approximate surface area is 406 Å². The minimum absolute atomic E-state index is 0.607. The Morgan fingerprint density at radius 2 is 0.930 bits per heavy atom. The fourth-order valence-corrected chi connectivity index (χ4v) is 9.10. The number of aliphatic hydroxyl groups excluding tert-OH is 12. The molecule has 0 radical (unpaired) electrons. The van der Waals surface area contributed by atoms with Crippen LogP contribution in [0.25, 0.3) is 0 Å². The fraction of sp³-hybridized carbons (Fsp3) is 0.905. The van der Waals surface area contributed by atoms with E-state index in [0.29, 0.717) is 0 Å². The summed E-state index contributed by atoms with van der Waals surface area (Å²) in [6.07, 6.45) is -42.0. The molecule has 0 aromatic carbocycles. The molecular weight excluding hydrogens is 962 g/mol. The van der Waals surface area contributed by atoms with Crippen LogP contribution in [0, 0.1) is 5.41 Å². The van der Waals surface area contributed by atoms with Crippen LogP contribution >= 0.6 is 0 Å². The predicted octanol–water partition coefficient (Wildman–Crippen LogP) is -8.53. The van der Waals surface area contributed by atoms with E-state index in [4.69, 9.17) is 42.6 Å². The highest BCUT2D eigenvalue weighted by molar-refractivity contribution is 5.82. The molecule has 0 saturated carbocycles. The molecule has 0 bridgehead atoms. The summed E-state index contributed by atoms with van der Waals surface area (Å²) in [4.78, 5) is 52.0. The predicted molar refractivity (Wildman–Crippen MR) is 228 cm³/mol. The van der Waals surface area contributed by atoms with Crippen molar-refractivity contribution in [2.24, 2.45) is 5.41 Å². The highest BCUT2D eigenvalue weighted by Gasteiger charge is 2.59. The first-order valence-electron chi connectivity index (χ1n) is 22.9. The van der Waals surface area contributed by atoms with Crippen LogP contribution in [0.3, 0.4) is 0 Å². The molecule has 0 spiro atoms. The van der Waals surface area contributed by atoms with E-state index in [2.05, 4.69) is 16.0 Å². The number of aliphatic hydroxyl groups is 12. The second-order valence-corrected chi connectivity index (χ2v) is 20.2. The monoisotopic (exact) mass is 1030 g/mol. The number of aliphatic carboxylic acids is 1. The van der Waals surface area contributed by atoms with E-state index in [-0.39, 0.29) is 0 Å². The molecule has 5 heterocycles. The lowest BCUT2D eigenvalue weighted by Crippen LogP contribution is -2.71. The summed E-state index contributed by atoms with van der Waals surface area (Å²) < 4.78 is 52.1. The van der Waals surface area contributed by atoms with Gasteiger partial charge in [0.15, 0.2) is 37.4 Å². The first kappa shape index (κ1) is 58.9. The van der Waals surface area contributed by atoms with E-state index in [1.165, 1.54) is 20.8 Å². The molecule has 29 heteroatoms. The lowest BCUT2D eigenvalue weighted by Gasteiger charge is -2.51. The lowest BCUT2D eigenvalue weighted by molar-refractivity contribution is -0.368. The highest BCUT2D eigenvalue weighted by Crippen LogP contribution is 2.38. The summed E-state index contributed by atoms with van der Waals surface area (Å²) in [5.74, 6) is -4.60. The zero-order valence-corrected chi connectivity index (χ0v) is 40.2. The maximum absolute atomic E-state index is 14.0. The van der Waals surface area contributed by atoms with Crippen molar-refractivity contribution in [3.05, 3.63) is 0 Å². The van der Waals surface area contributed by atoms with Crippen LogP contribution in [0.15, 0.2) is 0 Å². The van der Waals surface area contributed by atoms with Crippen LogP contribution in [0.2, 0.25) is 0 Å². The number of hydrogen-bond donors (Lipinski definition) is 16. The quantitative estimate of drug-likeness (QED) is 0.0724. The number of rotatable bonds is 15. The Bertz CT molecular complexity index is 1810. The van der Waals surface area contributed by atoms with Crippen molar-refractivity contribution >= 4 is 23.7 Å². The summed E-state index contributed by atoms with van der Waals surface area (Å²) in [6.45, 7) is 9.27. The highest BCUT2D eigenvalue weighted by atomic mass is 16.8. The van der Waals surface area contributed by atoms with Gasteiger partial charge >= 0.3 is 5.97 Å². The molecule has 5 fully saturated rings. The number of carboxylic acids is 1. The van der Waals surface area contributed by atoms with E-state index in [1.807, 2.05) is 0 Å². The molecule has 5 saturated heterocycles. The Kier molecular flexibility index (Phi) is 19.7. The third kappa shape index (κ3) is 13.3. The number of carbonyl (C=O) groups is 4. The molecule has 5 aliphatic rings. The number of amides is 3. The van der Waals surface area contributed by atoms with Crippen molar-refractivity contribution in [1.82, 2.24) is 16.0 Å². The minimum atomic E-state index is -2.31. The zero-order chi connectivity index (χ0) is 53.3. The van der Waals surface area contributed by atoms with Gasteiger partial charge in [-0.15, -0.1) is 0 Å². The van der Waals surface area contributed by atoms with Crippen molar-refractivity contribution in [1.29, 1.82) is 0 Å². The second kappa shape index (κ2) is 23.7. The van der Waals surface area contributed by atoms with Crippen molar-refractivity contribution in [2.75, 3.05) is 19.8 Å².